The standard InChI is InChI=1S/C12H11BrN2O3/c1-17-8-4-3-7(5-9(8)18-2)11-12(13)15-10(6-16)14-11/h3-6H,1-2H3,(H,14,15). The topological polar surface area (TPSA) is 64.2 Å². The van der Waals surface area contributed by atoms with Gasteiger partial charge in [0, 0.05) is 5.56 Å². The number of carbonyl (C=O) groups excluding carboxylic acids is 1. The summed E-state index contributed by atoms with van der Waals surface area (Å²) in [6, 6.07) is 5.43. The second kappa shape index (κ2) is 5.22. The van der Waals surface area contributed by atoms with Crippen LogP contribution in [0.1, 0.15) is 10.6 Å². The molecule has 0 aliphatic heterocycles. The monoisotopic (exact) mass is 310 g/mol. The Hall–Kier alpha value is -1.82. The minimum atomic E-state index is 0.270. The highest BCUT2D eigenvalue weighted by Gasteiger charge is 2.12. The molecule has 0 unspecified atom stereocenters. The van der Waals surface area contributed by atoms with Crippen molar-refractivity contribution in [1.82, 2.24) is 9.97 Å². The van der Waals surface area contributed by atoms with Gasteiger partial charge in [0.25, 0.3) is 0 Å². The van der Waals surface area contributed by atoms with E-state index in [1.807, 2.05) is 6.07 Å². The van der Waals surface area contributed by atoms with Gasteiger partial charge in [-0.25, -0.2) is 4.98 Å². The molecule has 2 aromatic rings. The van der Waals surface area contributed by atoms with Crippen LogP contribution in [0.15, 0.2) is 22.8 Å². The lowest BCUT2D eigenvalue weighted by molar-refractivity contribution is 0.111. The lowest BCUT2D eigenvalue weighted by Crippen LogP contribution is -1.91. The Morgan fingerprint density at radius 2 is 2.00 bits per heavy atom. The minimum absolute atomic E-state index is 0.270. The molecule has 5 nitrogen and oxygen atoms in total. The summed E-state index contributed by atoms with van der Waals surface area (Å²) in [7, 11) is 3.14. The van der Waals surface area contributed by atoms with Gasteiger partial charge < -0.3 is 14.5 Å². The lowest BCUT2D eigenvalue weighted by atomic mass is 10.1. The van der Waals surface area contributed by atoms with Crippen molar-refractivity contribution in [2.24, 2.45) is 0 Å². The summed E-state index contributed by atoms with van der Waals surface area (Å²) in [6.07, 6.45) is 0.662. The highest BCUT2D eigenvalue weighted by molar-refractivity contribution is 9.10. The van der Waals surface area contributed by atoms with Gasteiger partial charge in [0.2, 0.25) is 0 Å². The van der Waals surface area contributed by atoms with E-state index in [4.69, 9.17) is 9.47 Å². The number of aromatic amines is 1. The number of aldehydes is 1. The second-order valence-corrected chi connectivity index (χ2v) is 4.27. The van der Waals surface area contributed by atoms with E-state index in [1.54, 1.807) is 26.4 Å². The molecule has 0 aliphatic rings. The number of nitrogens with one attached hydrogen (secondary N) is 1. The maximum atomic E-state index is 10.7. The number of H-pyrrole nitrogens is 1. The number of imidazole rings is 1. The fourth-order valence-electron chi connectivity index (χ4n) is 1.60. The first kappa shape index (κ1) is 12.6. The number of hydrogen-bond donors (Lipinski definition) is 1. The van der Waals surface area contributed by atoms with Gasteiger partial charge >= 0.3 is 0 Å². The number of hydrogen-bond acceptors (Lipinski definition) is 4. The average molecular weight is 311 g/mol. The molecule has 0 saturated heterocycles. The molecule has 0 radical (unpaired) electrons. The Balaban J connectivity index is 2.50. The van der Waals surface area contributed by atoms with Crippen molar-refractivity contribution in [2.75, 3.05) is 14.2 Å². The van der Waals surface area contributed by atoms with Crippen molar-refractivity contribution >= 4 is 22.2 Å². The van der Waals surface area contributed by atoms with Gasteiger partial charge in [0.15, 0.2) is 23.6 Å². The molecular weight excluding hydrogens is 300 g/mol. The van der Waals surface area contributed by atoms with Crippen molar-refractivity contribution in [3.05, 3.63) is 28.6 Å². The van der Waals surface area contributed by atoms with Crippen LogP contribution in [-0.2, 0) is 0 Å². The molecule has 0 saturated carbocycles. The van der Waals surface area contributed by atoms with Crippen molar-refractivity contribution < 1.29 is 14.3 Å². The summed E-state index contributed by atoms with van der Waals surface area (Å²) in [6.45, 7) is 0. The lowest BCUT2D eigenvalue weighted by Gasteiger charge is -2.08. The zero-order valence-corrected chi connectivity index (χ0v) is 11.4. The van der Waals surface area contributed by atoms with Gasteiger partial charge in [-0.2, -0.15) is 0 Å². The minimum Gasteiger partial charge on any atom is -0.493 e. The zero-order valence-electron chi connectivity index (χ0n) is 9.86. The van der Waals surface area contributed by atoms with Gasteiger partial charge in [0.05, 0.1) is 14.2 Å². The summed E-state index contributed by atoms with van der Waals surface area (Å²) < 4.78 is 11.0. The van der Waals surface area contributed by atoms with Crippen LogP contribution < -0.4 is 9.47 Å². The summed E-state index contributed by atoms with van der Waals surface area (Å²) >= 11 is 3.33. The molecule has 0 amide bonds. The van der Waals surface area contributed by atoms with E-state index in [2.05, 4.69) is 25.9 Å². The number of carbonyl (C=O) groups is 1. The van der Waals surface area contributed by atoms with Crippen LogP contribution in [-0.4, -0.2) is 30.5 Å². The summed E-state index contributed by atoms with van der Waals surface area (Å²) in [5, 5.41) is 0. The van der Waals surface area contributed by atoms with Crippen LogP contribution in [0.25, 0.3) is 11.3 Å². The fourth-order valence-corrected chi connectivity index (χ4v) is 2.12. The Kier molecular flexibility index (Phi) is 3.66. The van der Waals surface area contributed by atoms with E-state index in [-0.39, 0.29) is 5.82 Å². The number of benzene rings is 1. The second-order valence-electron chi connectivity index (χ2n) is 3.47. The molecule has 1 N–H and O–H groups in total. The van der Waals surface area contributed by atoms with Gasteiger partial charge in [-0.05, 0) is 34.1 Å². The van der Waals surface area contributed by atoms with E-state index in [1.165, 1.54) is 0 Å². The van der Waals surface area contributed by atoms with Crippen LogP contribution in [0.3, 0.4) is 0 Å². The molecule has 1 aromatic carbocycles. The number of aromatic nitrogens is 2. The van der Waals surface area contributed by atoms with E-state index < -0.39 is 0 Å². The summed E-state index contributed by atoms with van der Waals surface area (Å²) in [5.41, 5.74) is 1.47. The third kappa shape index (κ3) is 2.24. The van der Waals surface area contributed by atoms with Crippen molar-refractivity contribution in [3.8, 4) is 22.8 Å². The first-order valence-corrected chi connectivity index (χ1v) is 5.92. The van der Waals surface area contributed by atoms with Crippen molar-refractivity contribution in [1.29, 1.82) is 0 Å². The largest absolute Gasteiger partial charge is 0.493 e. The smallest absolute Gasteiger partial charge is 0.185 e. The Morgan fingerprint density at radius 3 is 2.56 bits per heavy atom. The van der Waals surface area contributed by atoms with Crippen LogP contribution in [0.2, 0.25) is 0 Å². The molecule has 0 fully saturated rings. The van der Waals surface area contributed by atoms with E-state index in [0.717, 1.165) is 5.56 Å². The molecule has 94 valence electrons. The quantitative estimate of drug-likeness (QED) is 0.882. The van der Waals surface area contributed by atoms with Crippen LogP contribution in [0, 0.1) is 0 Å². The normalized spacial score (nSPS) is 10.2. The van der Waals surface area contributed by atoms with E-state index >= 15 is 0 Å². The molecule has 0 bridgehead atoms. The van der Waals surface area contributed by atoms with Crippen molar-refractivity contribution in [3.63, 3.8) is 0 Å². The van der Waals surface area contributed by atoms with Crippen molar-refractivity contribution in [2.45, 2.75) is 0 Å². The Bertz CT molecular complexity index is 581. The predicted molar refractivity (Wildman–Crippen MR) is 70.2 cm³/mol. The maximum absolute atomic E-state index is 10.7. The third-order valence-corrected chi connectivity index (χ3v) is 3.02. The molecular formula is C12H11BrN2O3. The molecule has 1 heterocycles. The van der Waals surface area contributed by atoms with Gasteiger partial charge in [-0.3, -0.25) is 4.79 Å². The average Bonchev–Trinajstić information content (AvgIpc) is 2.79. The number of ether oxygens (including phenoxy) is 2. The van der Waals surface area contributed by atoms with E-state index in [9.17, 15) is 4.79 Å². The molecule has 18 heavy (non-hydrogen) atoms. The van der Waals surface area contributed by atoms with Crippen LogP contribution in [0.5, 0.6) is 11.5 Å². The maximum Gasteiger partial charge on any atom is 0.185 e. The molecule has 1 aromatic heterocycles. The fraction of sp³-hybridized carbons (Fsp3) is 0.167. The van der Waals surface area contributed by atoms with Gasteiger partial charge in [-0.15, -0.1) is 0 Å². The first-order valence-electron chi connectivity index (χ1n) is 5.12. The van der Waals surface area contributed by atoms with E-state index in [0.29, 0.717) is 28.1 Å². The Morgan fingerprint density at radius 1 is 1.28 bits per heavy atom. The van der Waals surface area contributed by atoms with Gasteiger partial charge in [0.1, 0.15) is 10.3 Å². The Labute approximate surface area is 112 Å². The molecule has 0 spiro atoms. The molecule has 6 heteroatoms. The zero-order chi connectivity index (χ0) is 13.1. The first-order chi connectivity index (χ1) is 8.69. The van der Waals surface area contributed by atoms with Crippen LogP contribution in [0.4, 0.5) is 0 Å². The summed E-state index contributed by atoms with van der Waals surface area (Å²) in [4.78, 5) is 17.7. The van der Waals surface area contributed by atoms with Gasteiger partial charge in [-0.1, -0.05) is 0 Å². The molecule has 2 rings (SSSR count). The number of halogens is 1. The number of rotatable bonds is 4. The van der Waals surface area contributed by atoms with Crippen LogP contribution >= 0.6 is 15.9 Å². The third-order valence-electron chi connectivity index (χ3n) is 2.45. The number of nitrogens with zero attached hydrogens (tertiary/aromatic N) is 1. The highest BCUT2D eigenvalue weighted by atomic mass is 79.9. The number of methoxy groups -OCH3 is 2. The summed E-state index contributed by atoms with van der Waals surface area (Å²) in [5.74, 6) is 1.52. The highest BCUT2D eigenvalue weighted by Crippen LogP contribution is 2.34. The molecule has 0 atom stereocenters. The predicted octanol–water partition coefficient (Wildman–Crippen LogP) is 2.67. The SMILES string of the molecule is COc1ccc(-c2nc(C=O)[nH]c2Br)cc1OC. The molecule has 0 aliphatic carbocycles.